The Kier molecular flexibility index (Phi) is 8.30. The van der Waals surface area contributed by atoms with E-state index >= 15 is 0 Å². The molecule has 2 heteroatoms. The van der Waals surface area contributed by atoms with Crippen LogP contribution in [0.15, 0.2) is 0 Å². The average molecular weight is 261 g/mol. The quantitative estimate of drug-likeness (QED) is 0.416. The lowest BCUT2D eigenvalue weighted by Gasteiger charge is -2.02. The molecule has 1 atom stereocenters. The van der Waals surface area contributed by atoms with E-state index in [0.717, 1.165) is 38.5 Å². The van der Waals surface area contributed by atoms with Crippen LogP contribution >= 0.6 is 0 Å². The number of rotatable bonds is 14. The Morgan fingerprint density at radius 2 is 1.50 bits per heavy atom. The summed E-state index contributed by atoms with van der Waals surface area (Å²) >= 11 is 0. The summed E-state index contributed by atoms with van der Waals surface area (Å²) in [6.07, 6.45) is 2.06. The Labute approximate surface area is 120 Å². The van der Waals surface area contributed by atoms with E-state index in [1.807, 2.05) is 6.92 Å². The number of hydrogen-bond acceptors (Lipinski definition) is 1. The zero-order valence-electron chi connectivity index (χ0n) is 16.7. The van der Waals surface area contributed by atoms with Gasteiger partial charge in [-0.3, -0.25) is 4.79 Å². The highest BCUT2D eigenvalue weighted by Crippen LogP contribution is 2.12. The summed E-state index contributed by atoms with van der Waals surface area (Å²) in [4.78, 5) is 10.4. The maximum Gasteiger partial charge on any atom is 0.303 e. The predicted octanol–water partition coefficient (Wildman–Crippen LogP) is 5.55. The molecular weight excluding hydrogens is 224 g/mol. The van der Waals surface area contributed by atoms with Crippen molar-refractivity contribution in [3.63, 3.8) is 0 Å². The first-order valence-electron chi connectivity index (χ1n) is 9.87. The first kappa shape index (κ1) is 10.3. The molecule has 0 unspecified atom stereocenters. The second-order valence-electron chi connectivity index (χ2n) is 4.68. The monoisotopic (exact) mass is 261 g/mol. The number of carbonyl (C=O) groups is 1. The zero-order valence-corrected chi connectivity index (χ0v) is 11.7. The van der Waals surface area contributed by atoms with Gasteiger partial charge in [-0.2, -0.15) is 0 Å². The maximum atomic E-state index is 10.4. The highest BCUT2D eigenvalue weighted by atomic mass is 16.4. The van der Waals surface area contributed by atoms with Gasteiger partial charge in [0.05, 0.1) is 0 Å². The third-order valence-electron chi connectivity index (χ3n) is 2.85. The van der Waals surface area contributed by atoms with Crippen LogP contribution in [-0.2, 0) is 4.79 Å². The fourth-order valence-electron chi connectivity index (χ4n) is 1.72. The van der Waals surface area contributed by atoms with Gasteiger partial charge in [0, 0.05) is 13.3 Å². The van der Waals surface area contributed by atoms with E-state index in [4.69, 9.17) is 12.0 Å². The molecular formula is C16H32O2. The fourth-order valence-corrected chi connectivity index (χ4v) is 1.72. The third-order valence-corrected chi connectivity index (χ3v) is 2.85. The van der Waals surface area contributed by atoms with Gasteiger partial charge in [-0.25, -0.2) is 0 Å². The smallest absolute Gasteiger partial charge is 0.303 e. The van der Waals surface area contributed by atoms with Crippen LogP contribution < -0.4 is 0 Å². The molecule has 0 aliphatic carbocycles. The van der Waals surface area contributed by atoms with Crippen molar-refractivity contribution < 1.29 is 16.8 Å². The van der Waals surface area contributed by atoms with Crippen LogP contribution in [0, 0.1) is 0 Å². The van der Waals surface area contributed by atoms with Gasteiger partial charge in [0.15, 0.2) is 0 Å². The van der Waals surface area contributed by atoms with Crippen molar-refractivity contribution in [2.45, 2.75) is 96.7 Å². The number of unbranched alkanes of at least 4 members (excludes halogenated alkanes) is 6. The molecule has 0 rings (SSSR count). The molecule has 0 aliphatic rings. The maximum absolute atomic E-state index is 10.4. The molecule has 0 aromatic rings. The largest absolute Gasteiger partial charge is 0.481 e. The van der Waals surface area contributed by atoms with Gasteiger partial charge in [-0.05, 0) is 6.42 Å². The van der Waals surface area contributed by atoms with Gasteiger partial charge in [0.1, 0.15) is 0 Å². The minimum Gasteiger partial charge on any atom is -0.481 e. The van der Waals surface area contributed by atoms with Crippen molar-refractivity contribution in [1.29, 1.82) is 0 Å². The van der Waals surface area contributed by atoms with E-state index < -0.39 is 25.1 Å². The minimum absolute atomic E-state index is 0.136. The van der Waals surface area contributed by atoms with Crippen LogP contribution in [0.3, 0.4) is 0 Å². The van der Waals surface area contributed by atoms with E-state index in [9.17, 15) is 4.79 Å². The Morgan fingerprint density at radius 1 is 0.889 bits per heavy atom. The van der Waals surface area contributed by atoms with Crippen LogP contribution in [0.2, 0.25) is 0 Å². The van der Waals surface area contributed by atoms with Crippen molar-refractivity contribution in [2.75, 3.05) is 0 Å². The number of carboxylic acids is 1. The summed E-state index contributed by atoms with van der Waals surface area (Å²) in [5.41, 5.74) is 0. The SMILES string of the molecule is [2H][C@@H](CCCC)C([2H])([2H])C([2H])([2H])CCCCCCCCC(=O)O. The lowest BCUT2D eigenvalue weighted by Crippen LogP contribution is -1.93. The molecule has 0 amide bonds. The Hall–Kier alpha value is -0.530. The molecule has 0 aliphatic heterocycles. The molecule has 0 saturated heterocycles. The van der Waals surface area contributed by atoms with Gasteiger partial charge in [0.25, 0.3) is 0 Å². The van der Waals surface area contributed by atoms with E-state index in [2.05, 4.69) is 0 Å². The van der Waals surface area contributed by atoms with Gasteiger partial charge in [-0.1, -0.05) is 83.9 Å². The van der Waals surface area contributed by atoms with Gasteiger partial charge in [0.2, 0.25) is 0 Å². The number of carboxylic acid groups (broad SMARTS) is 1. The molecule has 0 aromatic heterocycles. The lowest BCUT2D eigenvalue weighted by atomic mass is 10.0. The van der Waals surface area contributed by atoms with Crippen molar-refractivity contribution in [3.05, 3.63) is 0 Å². The molecule has 0 radical (unpaired) electrons. The molecule has 1 N–H and O–H groups in total. The second-order valence-corrected chi connectivity index (χ2v) is 4.68. The van der Waals surface area contributed by atoms with Crippen LogP contribution in [0.1, 0.15) is 104 Å². The normalized spacial score (nSPS) is 18.2. The average Bonchev–Trinajstić information content (AvgIpc) is 2.46. The highest BCUT2D eigenvalue weighted by molar-refractivity contribution is 5.66. The molecule has 0 fully saturated rings. The first-order chi connectivity index (χ1) is 10.6. The van der Waals surface area contributed by atoms with Crippen molar-refractivity contribution in [2.24, 2.45) is 0 Å². The number of hydrogen-bond donors (Lipinski definition) is 1. The molecule has 0 bridgehead atoms. The minimum atomic E-state index is -2.12. The summed E-state index contributed by atoms with van der Waals surface area (Å²) in [6.45, 7) is 1.98. The summed E-state index contributed by atoms with van der Waals surface area (Å²) in [5, 5.41) is 8.53. The van der Waals surface area contributed by atoms with E-state index in [1.165, 1.54) is 0 Å². The lowest BCUT2D eigenvalue weighted by molar-refractivity contribution is -0.137. The van der Waals surface area contributed by atoms with E-state index in [-0.39, 0.29) is 12.8 Å². The van der Waals surface area contributed by atoms with Gasteiger partial charge in [-0.15, -0.1) is 0 Å². The molecule has 0 aromatic carbocycles. The van der Waals surface area contributed by atoms with Crippen LogP contribution in [0.5, 0.6) is 0 Å². The Balaban J connectivity index is 4.00. The van der Waals surface area contributed by atoms with Crippen LogP contribution in [0.25, 0.3) is 0 Å². The van der Waals surface area contributed by atoms with E-state index in [0.29, 0.717) is 19.3 Å². The highest BCUT2D eigenvalue weighted by Gasteiger charge is 1.96. The topological polar surface area (TPSA) is 37.3 Å². The standard InChI is InChI=1S/C16H32O2/c1-2-3-4-5-6-7-8-9-10-11-12-13-14-15-16(17)18/h2-15H2,1H3,(H,17,18)/i5D,6D2,7D2/t5-/m0/s1. The summed E-state index contributed by atoms with van der Waals surface area (Å²) < 4.78 is 39.8. The molecule has 108 valence electrons. The molecule has 0 saturated carbocycles. The predicted molar refractivity (Wildman–Crippen MR) is 77.9 cm³/mol. The van der Waals surface area contributed by atoms with Crippen molar-refractivity contribution in [1.82, 2.24) is 0 Å². The van der Waals surface area contributed by atoms with Crippen molar-refractivity contribution >= 4 is 5.97 Å². The van der Waals surface area contributed by atoms with Crippen molar-refractivity contribution in [3.8, 4) is 0 Å². The van der Waals surface area contributed by atoms with Crippen LogP contribution in [0.4, 0.5) is 0 Å². The zero-order chi connectivity index (χ0) is 17.9. The number of aliphatic carboxylic acids is 1. The third kappa shape index (κ3) is 15.5. The molecule has 0 spiro atoms. The fraction of sp³-hybridized carbons (Fsp3) is 0.938. The van der Waals surface area contributed by atoms with Gasteiger partial charge >= 0.3 is 5.97 Å². The summed E-state index contributed by atoms with van der Waals surface area (Å²) in [5.74, 6) is -0.770. The Bertz CT molecular complexity index is 334. The van der Waals surface area contributed by atoms with Gasteiger partial charge < -0.3 is 5.11 Å². The first-order valence-corrected chi connectivity index (χ1v) is 7.29. The second kappa shape index (κ2) is 14.5. The Morgan fingerprint density at radius 3 is 2.11 bits per heavy atom. The van der Waals surface area contributed by atoms with E-state index in [1.54, 1.807) is 0 Å². The summed E-state index contributed by atoms with van der Waals surface area (Å²) in [6, 6.07) is 0. The van der Waals surface area contributed by atoms with Crippen LogP contribution in [-0.4, -0.2) is 11.1 Å². The summed E-state index contributed by atoms with van der Waals surface area (Å²) in [7, 11) is 0. The molecule has 0 heterocycles. The molecule has 2 nitrogen and oxygen atoms in total. The molecule has 18 heavy (non-hydrogen) atoms.